The number of Topliss-reactive ketones (excluding diaryl/α,β-unsaturated/α-hetero) is 1. The van der Waals surface area contributed by atoms with E-state index in [9.17, 15) is 18.4 Å². The van der Waals surface area contributed by atoms with Crippen molar-refractivity contribution in [1.82, 2.24) is 0 Å². The van der Waals surface area contributed by atoms with Crippen LogP contribution in [-0.2, 0) is 9.53 Å². The lowest BCUT2D eigenvalue weighted by Crippen LogP contribution is -2.24. The van der Waals surface area contributed by atoms with E-state index in [2.05, 4.69) is 4.74 Å². The van der Waals surface area contributed by atoms with Crippen LogP contribution in [0.5, 0.6) is 0 Å². The normalized spacial score (nSPS) is 12.0. The SMILES string of the molecule is COC(=O)C(C)C(=O)c1c(F)cccc1F. The standard InChI is InChI=1S/C11H10F2O3/c1-6(11(15)16-2)10(14)9-7(12)4-3-5-8(9)13/h3-6H,1-2H3. The van der Waals surface area contributed by atoms with Crippen molar-refractivity contribution in [2.24, 2.45) is 5.92 Å². The fourth-order valence-electron chi connectivity index (χ4n) is 1.23. The van der Waals surface area contributed by atoms with E-state index in [1.807, 2.05) is 0 Å². The van der Waals surface area contributed by atoms with Gasteiger partial charge < -0.3 is 4.74 Å². The predicted molar refractivity (Wildman–Crippen MR) is 51.9 cm³/mol. The van der Waals surface area contributed by atoms with Crippen LogP contribution in [0, 0.1) is 17.6 Å². The van der Waals surface area contributed by atoms with Gasteiger partial charge in [-0.15, -0.1) is 0 Å². The third kappa shape index (κ3) is 2.24. The first-order chi connectivity index (χ1) is 7.49. The van der Waals surface area contributed by atoms with Crippen molar-refractivity contribution in [1.29, 1.82) is 0 Å². The molecule has 0 aliphatic carbocycles. The fraction of sp³-hybridized carbons (Fsp3) is 0.273. The number of ether oxygens (including phenoxy) is 1. The minimum absolute atomic E-state index is 0.708. The molecule has 0 spiro atoms. The van der Waals surface area contributed by atoms with Gasteiger partial charge in [-0.2, -0.15) is 0 Å². The van der Waals surface area contributed by atoms with E-state index in [4.69, 9.17) is 0 Å². The number of hydrogen-bond acceptors (Lipinski definition) is 3. The van der Waals surface area contributed by atoms with Gasteiger partial charge in [0, 0.05) is 0 Å². The van der Waals surface area contributed by atoms with Gasteiger partial charge in [0.25, 0.3) is 0 Å². The molecule has 0 fully saturated rings. The van der Waals surface area contributed by atoms with E-state index >= 15 is 0 Å². The van der Waals surface area contributed by atoms with Crippen LogP contribution in [0.3, 0.4) is 0 Å². The molecule has 0 saturated carbocycles. The molecule has 0 amide bonds. The highest BCUT2D eigenvalue weighted by atomic mass is 19.1. The summed E-state index contributed by atoms with van der Waals surface area (Å²) >= 11 is 0. The maximum atomic E-state index is 13.2. The molecule has 0 radical (unpaired) electrons. The largest absolute Gasteiger partial charge is 0.468 e. The molecule has 1 unspecified atom stereocenters. The second-order valence-electron chi connectivity index (χ2n) is 3.21. The molecular formula is C11H10F2O3. The number of esters is 1. The number of benzene rings is 1. The highest BCUT2D eigenvalue weighted by molar-refractivity contribution is 6.08. The Labute approximate surface area is 91.0 Å². The molecule has 1 rings (SSSR count). The molecular weight excluding hydrogens is 218 g/mol. The molecule has 0 saturated heterocycles. The number of ketones is 1. The van der Waals surface area contributed by atoms with Gasteiger partial charge >= 0.3 is 5.97 Å². The Hall–Kier alpha value is -1.78. The lowest BCUT2D eigenvalue weighted by molar-refractivity contribution is -0.143. The summed E-state index contributed by atoms with van der Waals surface area (Å²) in [6.07, 6.45) is 0. The van der Waals surface area contributed by atoms with Crippen LogP contribution in [0.25, 0.3) is 0 Å². The zero-order chi connectivity index (χ0) is 12.3. The molecule has 5 heteroatoms. The number of carbonyl (C=O) groups excluding carboxylic acids is 2. The number of rotatable bonds is 3. The van der Waals surface area contributed by atoms with Crippen LogP contribution >= 0.6 is 0 Å². The maximum Gasteiger partial charge on any atom is 0.316 e. The van der Waals surface area contributed by atoms with Crippen LogP contribution in [-0.4, -0.2) is 18.9 Å². The van der Waals surface area contributed by atoms with Crippen LogP contribution in [0.4, 0.5) is 8.78 Å². The van der Waals surface area contributed by atoms with Gasteiger partial charge in [0.2, 0.25) is 0 Å². The van der Waals surface area contributed by atoms with E-state index in [1.165, 1.54) is 6.92 Å². The third-order valence-electron chi connectivity index (χ3n) is 2.16. The Kier molecular flexibility index (Phi) is 3.71. The molecule has 16 heavy (non-hydrogen) atoms. The fourth-order valence-corrected chi connectivity index (χ4v) is 1.23. The second-order valence-corrected chi connectivity index (χ2v) is 3.21. The third-order valence-corrected chi connectivity index (χ3v) is 2.16. The summed E-state index contributed by atoms with van der Waals surface area (Å²) < 4.78 is 30.8. The minimum atomic E-state index is -1.23. The summed E-state index contributed by atoms with van der Waals surface area (Å²) in [7, 11) is 1.10. The van der Waals surface area contributed by atoms with Crippen LogP contribution in [0.1, 0.15) is 17.3 Å². The van der Waals surface area contributed by atoms with Gasteiger partial charge in [0.1, 0.15) is 17.6 Å². The molecule has 0 bridgehead atoms. The minimum Gasteiger partial charge on any atom is -0.468 e. The number of carbonyl (C=O) groups is 2. The molecule has 1 aromatic rings. The molecule has 1 atom stereocenters. The number of halogens is 2. The Morgan fingerprint density at radius 3 is 2.19 bits per heavy atom. The van der Waals surface area contributed by atoms with Crippen LogP contribution < -0.4 is 0 Å². The van der Waals surface area contributed by atoms with Crippen molar-refractivity contribution >= 4 is 11.8 Å². The first kappa shape index (κ1) is 12.3. The highest BCUT2D eigenvalue weighted by Gasteiger charge is 2.28. The average Bonchev–Trinajstić information content (AvgIpc) is 2.26. The quantitative estimate of drug-likeness (QED) is 0.451. The number of hydrogen-bond donors (Lipinski definition) is 0. The van der Waals surface area contributed by atoms with Gasteiger partial charge in [-0.3, -0.25) is 9.59 Å². The first-order valence-corrected chi connectivity index (χ1v) is 4.55. The Bertz CT molecular complexity index is 409. The van der Waals surface area contributed by atoms with E-state index in [0.29, 0.717) is 0 Å². The summed E-state index contributed by atoms with van der Waals surface area (Å²) in [4.78, 5) is 22.7. The predicted octanol–water partition coefficient (Wildman–Crippen LogP) is 1.96. The Morgan fingerprint density at radius 2 is 1.75 bits per heavy atom. The van der Waals surface area contributed by atoms with Gasteiger partial charge in [-0.25, -0.2) is 8.78 Å². The summed E-state index contributed by atoms with van der Waals surface area (Å²) in [6.45, 7) is 1.24. The van der Waals surface area contributed by atoms with E-state index in [-0.39, 0.29) is 0 Å². The lowest BCUT2D eigenvalue weighted by Gasteiger charge is -2.09. The zero-order valence-corrected chi connectivity index (χ0v) is 8.79. The molecule has 0 aliphatic heterocycles. The summed E-state index contributed by atoms with van der Waals surface area (Å²) in [5, 5.41) is 0. The molecule has 86 valence electrons. The molecule has 3 nitrogen and oxygen atoms in total. The van der Waals surface area contributed by atoms with Crippen molar-refractivity contribution in [3.63, 3.8) is 0 Å². The van der Waals surface area contributed by atoms with Gasteiger partial charge in [-0.05, 0) is 19.1 Å². The maximum absolute atomic E-state index is 13.2. The second kappa shape index (κ2) is 4.83. The first-order valence-electron chi connectivity index (χ1n) is 4.55. The Morgan fingerprint density at radius 1 is 1.25 bits per heavy atom. The van der Waals surface area contributed by atoms with E-state index in [0.717, 1.165) is 25.3 Å². The molecule has 0 aliphatic rings. The zero-order valence-electron chi connectivity index (χ0n) is 8.79. The Balaban J connectivity index is 3.10. The van der Waals surface area contributed by atoms with Gasteiger partial charge in [0.05, 0.1) is 12.7 Å². The summed E-state index contributed by atoms with van der Waals surface area (Å²) in [5.74, 6) is -4.95. The van der Waals surface area contributed by atoms with Crippen molar-refractivity contribution in [2.75, 3.05) is 7.11 Å². The van der Waals surface area contributed by atoms with Crippen molar-refractivity contribution in [2.45, 2.75) is 6.92 Å². The van der Waals surface area contributed by atoms with Crippen LogP contribution in [0.2, 0.25) is 0 Å². The summed E-state index contributed by atoms with van der Waals surface area (Å²) in [5.41, 5.74) is -0.708. The van der Waals surface area contributed by atoms with E-state index < -0.39 is 34.9 Å². The van der Waals surface area contributed by atoms with E-state index in [1.54, 1.807) is 0 Å². The monoisotopic (exact) mass is 228 g/mol. The molecule has 0 heterocycles. The van der Waals surface area contributed by atoms with Crippen molar-refractivity contribution in [3.05, 3.63) is 35.4 Å². The molecule has 1 aromatic carbocycles. The van der Waals surface area contributed by atoms with Gasteiger partial charge in [0.15, 0.2) is 5.78 Å². The number of methoxy groups -OCH3 is 1. The van der Waals surface area contributed by atoms with Crippen molar-refractivity contribution < 1.29 is 23.1 Å². The van der Waals surface area contributed by atoms with Gasteiger partial charge in [-0.1, -0.05) is 6.07 Å². The lowest BCUT2D eigenvalue weighted by atomic mass is 9.98. The molecule has 0 N–H and O–H groups in total. The average molecular weight is 228 g/mol. The van der Waals surface area contributed by atoms with Crippen LogP contribution in [0.15, 0.2) is 18.2 Å². The van der Waals surface area contributed by atoms with Crippen molar-refractivity contribution in [3.8, 4) is 0 Å². The molecule has 0 aromatic heterocycles. The smallest absolute Gasteiger partial charge is 0.316 e. The topological polar surface area (TPSA) is 43.4 Å². The summed E-state index contributed by atoms with van der Waals surface area (Å²) in [6, 6.07) is 3.06. The highest BCUT2D eigenvalue weighted by Crippen LogP contribution is 2.17.